The van der Waals surface area contributed by atoms with E-state index in [-0.39, 0.29) is 0 Å². The van der Waals surface area contributed by atoms with Crippen molar-refractivity contribution in [3.05, 3.63) is 29.3 Å². The second-order valence-electron chi connectivity index (χ2n) is 7.47. The highest BCUT2D eigenvalue weighted by atomic mass is 16.2. The second-order valence-corrected chi connectivity index (χ2v) is 7.47. The topological polar surface area (TPSA) is 61.4 Å². The molecule has 25 heavy (non-hydrogen) atoms. The number of hydrogen-bond donors (Lipinski definition) is 2. The number of piperidine rings is 1. The first-order valence-corrected chi connectivity index (χ1v) is 9.55. The Bertz CT molecular complexity index is 623. The number of nitrogens with one attached hydrogen (secondary N) is 2. The first kappa shape index (κ1) is 17.9. The molecular weight excluding hydrogens is 314 g/mol. The summed E-state index contributed by atoms with van der Waals surface area (Å²) >= 11 is 0. The van der Waals surface area contributed by atoms with E-state index in [0.717, 1.165) is 32.5 Å². The van der Waals surface area contributed by atoms with Crippen LogP contribution in [0.4, 0.5) is 5.69 Å². The summed E-state index contributed by atoms with van der Waals surface area (Å²) in [6.07, 6.45) is 7.19. The maximum atomic E-state index is 12.1. The van der Waals surface area contributed by atoms with Crippen LogP contribution in [0.2, 0.25) is 0 Å². The van der Waals surface area contributed by atoms with E-state index in [4.69, 9.17) is 0 Å². The Hall–Kier alpha value is -1.88. The number of likely N-dealkylation sites (tertiary alicyclic amines) is 1. The van der Waals surface area contributed by atoms with E-state index in [9.17, 15) is 9.59 Å². The lowest BCUT2D eigenvalue weighted by molar-refractivity contribution is -0.136. The third-order valence-corrected chi connectivity index (χ3v) is 5.19. The molecule has 0 saturated carbocycles. The number of amides is 2. The highest BCUT2D eigenvalue weighted by Gasteiger charge is 2.18. The van der Waals surface area contributed by atoms with Crippen molar-refractivity contribution < 1.29 is 9.59 Å². The van der Waals surface area contributed by atoms with Crippen LogP contribution in [0, 0.1) is 5.92 Å². The van der Waals surface area contributed by atoms with Crippen LogP contribution >= 0.6 is 0 Å². The fraction of sp³-hybridized carbons (Fsp3) is 0.600. The first-order valence-electron chi connectivity index (χ1n) is 9.55. The van der Waals surface area contributed by atoms with Gasteiger partial charge in [0.05, 0.1) is 0 Å². The molecule has 0 aromatic heterocycles. The zero-order valence-corrected chi connectivity index (χ0v) is 15.1. The molecule has 1 aliphatic carbocycles. The molecule has 5 nitrogen and oxygen atoms in total. The Morgan fingerprint density at radius 3 is 2.60 bits per heavy atom. The van der Waals surface area contributed by atoms with E-state index in [1.165, 1.54) is 36.8 Å². The number of nitrogens with zero attached hydrogens (tertiary/aromatic N) is 1. The van der Waals surface area contributed by atoms with Crippen LogP contribution in [0.3, 0.4) is 0 Å². The molecule has 1 atom stereocenters. The largest absolute Gasteiger partial charge is 0.348 e. The van der Waals surface area contributed by atoms with Gasteiger partial charge in [-0.2, -0.15) is 0 Å². The fourth-order valence-corrected chi connectivity index (χ4v) is 3.83. The highest BCUT2D eigenvalue weighted by Crippen LogP contribution is 2.24. The second kappa shape index (κ2) is 8.48. The molecule has 1 saturated heterocycles. The van der Waals surface area contributed by atoms with Crippen molar-refractivity contribution in [2.75, 3.05) is 31.5 Å². The number of benzene rings is 1. The minimum absolute atomic E-state index is 0.342. The van der Waals surface area contributed by atoms with E-state index in [1.807, 2.05) is 12.1 Å². The monoisotopic (exact) mass is 343 g/mol. The summed E-state index contributed by atoms with van der Waals surface area (Å²) < 4.78 is 0. The van der Waals surface area contributed by atoms with Crippen LogP contribution < -0.4 is 10.6 Å². The third kappa shape index (κ3) is 5.05. The van der Waals surface area contributed by atoms with Gasteiger partial charge in [-0.1, -0.05) is 19.4 Å². The molecule has 5 heteroatoms. The predicted molar refractivity (Wildman–Crippen MR) is 99.6 cm³/mol. The number of carbonyl (C=O) groups excluding carboxylic acids is 2. The van der Waals surface area contributed by atoms with Gasteiger partial charge in [0, 0.05) is 18.8 Å². The first-order chi connectivity index (χ1) is 12.1. The molecule has 1 aromatic carbocycles. The van der Waals surface area contributed by atoms with Gasteiger partial charge >= 0.3 is 11.8 Å². The van der Waals surface area contributed by atoms with Gasteiger partial charge in [0.1, 0.15) is 0 Å². The lowest BCUT2D eigenvalue weighted by Gasteiger charge is -2.29. The highest BCUT2D eigenvalue weighted by molar-refractivity contribution is 6.39. The van der Waals surface area contributed by atoms with Gasteiger partial charge in [-0.15, -0.1) is 0 Å². The number of rotatable bonds is 5. The maximum absolute atomic E-state index is 12.1. The Morgan fingerprint density at radius 2 is 1.80 bits per heavy atom. The van der Waals surface area contributed by atoms with E-state index in [2.05, 4.69) is 28.5 Å². The Labute approximate surface area is 150 Å². The SMILES string of the molecule is CC(CNC(=O)C(=O)Nc1ccc2c(c1)CCC2)CN1CCCCC1. The molecular formula is C20H29N3O2. The van der Waals surface area contributed by atoms with Gasteiger partial charge < -0.3 is 15.5 Å². The van der Waals surface area contributed by atoms with Crippen molar-refractivity contribution in [3.8, 4) is 0 Å². The minimum atomic E-state index is -0.580. The molecule has 0 radical (unpaired) electrons. The van der Waals surface area contributed by atoms with Crippen LogP contribution in [-0.2, 0) is 22.4 Å². The number of aryl methyl sites for hydroxylation is 2. The summed E-state index contributed by atoms with van der Waals surface area (Å²) in [4.78, 5) is 26.6. The molecule has 3 rings (SSSR count). The summed E-state index contributed by atoms with van der Waals surface area (Å²) in [5.41, 5.74) is 3.35. The van der Waals surface area contributed by atoms with Crippen molar-refractivity contribution in [2.24, 2.45) is 5.92 Å². The molecule has 2 amide bonds. The van der Waals surface area contributed by atoms with Crippen molar-refractivity contribution in [2.45, 2.75) is 45.4 Å². The summed E-state index contributed by atoms with van der Waals surface area (Å²) in [7, 11) is 0. The number of hydrogen-bond acceptors (Lipinski definition) is 3. The molecule has 1 aromatic rings. The van der Waals surface area contributed by atoms with Crippen molar-refractivity contribution >= 4 is 17.5 Å². The quantitative estimate of drug-likeness (QED) is 0.807. The molecule has 2 aliphatic rings. The molecule has 1 unspecified atom stereocenters. The summed E-state index contributed by atoms with van der Waals surface area (Å²) in [5.74, 6) is -0.788. The standard InChI is InChI=1S/C20H29N3O2/c1-15(14-23-10-3-2-4-11-23)13-21-19(24)20(25)22-18-9-8-16-6-5-7-17(16)12-18/h8-9,12,15H,2-7,10-11,13-14H2,1H3,(H,21,24)(H,22,25). The zero-order chi connectivity index (χ0) is 17.6. The average Bonchev–Trinajstić information content (AvgIpc) is 3.08. The third-order valence-electron chi connectivity index (χ3n) is 5.19. The summed E-state index contributed by atoms with van der Waals surface area (Å²) in [5, 5.41) is 5.48. The Morgan fingerprint density at radius 1 is 1.04 bits per heavy atom. The van der Waals surface area contributed by atoms with Crippen LogP contribution in [0.15, 0.2) is 18.2 Å². The van der Waals surface area contributed by atoms with Gasteiger partial charge in [-0.25, -0.2) is 0 Å². The molecule has 0 spiro atoms. The van der Waals surface area contributed by atoms with Crippen LogP contribution in [0.5, 0.6) is 0 Å². The van der Waals surface area contributed by atoms with Crippen LogP contribution in [0.25, 0.3) is 0 Å². The molecule has 136 valence electrons. The van der Waals surface area contributed by atoms with Crippen molar-refractivity contribution in [1.29, 1.82) is 0 Å². The minimum Gasteiger partial charge on any atom is -0.348 e. The Kier molecular flexibility index (Phi) is 6.08. The molecule has 0 bridgehead atoms. The van der Waals surface area contributed by atoms with Gasteiger partial charge in [0.2, 0.25) is 0 Å². The summed E-state index contributed by atoms with van der Waals surface area (Å²) in [6, 6.07) is 5.93. The molecule has 1 heterocycles. The predicted octanol–water partition coefficient (Wildman–Crippen LogP) is 2.35. The molecule has 1 aliphatic heterocycles. The zero-order valence-electron chi connectivity index (χ0n) is 15.1. The lowest BCUT2D eigenvalue weighted by atomic mass is 10.1. The molecule has 1 fully saturated rings. The fourth-order valence-electron chi connectivity index (χ4n) is 3.83. The van der Waals surface area contributed by atoms with Crippen molar-refractivity contribution in [1.82, 2.24) is 10.2 Å². The maximum Gasteiger partial charge on any atom is 0.313 e. The number of fused-ring (bicyclic) bond motifs is 1. The normalized spacial score (nSPS) is 18.4. The number of anilines is 1. The van der Waals surface area contributed by atoms with E-state index >= 15 is 0 Å². The summed E-state index contributed by atoms with van der Waals surface area (Å²) in [6.45, 7) is 5.93. The lowest BCUT2D eigenvalue weighted by Crippen LogP contribution is -2.41. The van der Waals surface area contributed by atoms with Gasteiger partial charge in [-0.3, -0.25) is 9.59 Å². The molecule has 2 N–H and O–H groups in total. The van der Waals surface area contributed by atoms with E-state index in [0.29, 0.717) is 18.2 Å². The van der Waals surface area contributed by atoms with E-state index in [1.54, 1.807) is 0 Å². The average molecular weight is 343 g/mol. The number of carbonyl (C=O) groups is 2. The van der Waals surface area contributed by atoms with Crippen LogP contribution in [-0.4, -0.2) is 42.9 Å². The van der Waals surface area contributed by atoms with Crippen molar-refractivity contribution in [3.63, 3.8) is 0 Å². The van der Waals surface area contributed by atoms with Crippen LogP contribution in [0.1, 0.15) is 43.7 Å². The van der Waals surface area contributed by atoms with Gasteiger partial charge in [0.25, 0.3) is 0 Å². The van der Waals surface area contributed by atoms with Gasteiger partial charge in [-0.05, 0) is 74.4 Å². The van der Waals surface area contributed by atoms with E-state index < -0.39 is 11.8 Å². The van der Waals surface area contributed by atoms with Gasteiger partial charge in [0.15, 0.2) is 0 Å². The smallest absolute Gasteiger partial charge is 0.313 e. The Balaban J connectivity index is 1.42.